The second-order valence-electron chi connectivity index (χ2n) is 7.73. The maximum absolute atomic E-state index is 13.2. The lowest BCUT2D eigenvalue weighted by Crippen LogP contribution is -2.27. The van der Waals surface area contributed by atoms with E-state index < -0.39 is 15.9 Å². The predicted octanol–water partition coefficient (Wildman–Crippen LogP) is 5.22. The fraction of sp³-hybridized carbons (Fsp3) is 0.120. The number of anilines is 2. The number of benzene rings is 3. The fourth-order valence-electron chi connectivity index (χ4n) is 3.60. The first-order valence-corrected chi connectivity index (χ1v) is 12.3. The van der Waals surface area contributed by atoms with Gasteiger partial charge in [0.2, 0.25) is 0 Å². The SMILES string of the molecule is Cc1nn(-c2ccccc2)c(C)c1NC(=O)c1cccc(S(=O)(=O)N(C)c2cccc(Cl)c2)c1. The summed E-state index contributed by atoms with van der Waals surface area (Å²) in [4.78, 5) is 13.1. The van der Waals surface area contributed by atoms with E-state index in [1.54, 1.807) is 41.1 Å². The van der Waals surface area contributed by atoms with Crippen molar-refractivity contribution in [3.8, 4) is 5.69 Å². The zero-order valence-corrected chi connectivity index (χ0v) is 20.4. The molecule has 1 N–H and O–H groups in total. The third kappa shape index (κ3) is 4.55. The molecule has 7 nitrogen and oxygen atoms in total. The summed E-state index contributed by atoms with van der Waals surface area (Å²) in [5.74, 6) is -0.429. The summed E-state index contributed by atoms with van der Waals surface area (Å²) >= 11 is 6.01. The lowest BCUT2D eigenvalue weighted by molar-refractivity contribution is 0.102. The average molecular weight is 495 g/mol. The molecule has 0 unspecified atom stereocenters. The van der Waals surface area contributed by atoms with Crippen LogP contribution in [0.25, 0.3) is 5.69 Å². The van der Waals surface area contributed by atoms with E-state index in [9.17, 15) is 13.2 Å². The maximum atomic E-state index is 13.2. The van der Waals surface area contributed by atoms with Crippen LogP contribution in [0.15, 0.2) is 83.8 Å². The lowest BCUT2D eigenvalue weighted by atomic mass is 10.2. The number of halogens is 1. The highest BCUT2D eigenvalue weighted by molar-refractivity contribution is 7.92. The summed E-state index contributed by atoms with van der Waals surface area (Å²) in [7, 11) is -2.46. The lowest BCUT2D eigenvalue weighted by Gasteiger charge is -2.20. The van der Waals surface area contributed by atoms with Gasteiger partial charge in [0.1, 0.15) is 0 Å². The van der Waals surface area contributed by atoms with Crippen molar-refractivity contribution < 1.29 is 13.2 Å². The Balaban J connectivity index is 1.61. The van der Waals surface area contributed by atoms with Crippen LogP contribution in [-0.4, -0.2) is 31.2 Å². The van der Waals surface area contributed by atoms with Crippen molar-refractivity contribution in [2.45, 2.75) is 18.7 Å². The van der Waals surface area contributed by atoms with Gasteiger partial charge >= 0.3 is 0 Å². The summed E-state index contributed by atoms with van der Waals surface area (Å²) in [6, 6.07) is 22.1. The smallest absolute Gasteiger partial charge is 0.264 e. The Morgan fingerprint density at radius 1 is 0.971 bits per heavy atom. The number of hydrogen-bond donors (Lipinski definition) is 1. The number of aromatic nitrogens is 2. The van der Waals surface area contributed by atoms with Crippen LogP contribution in [0.1, 0.15) is 21.7 Å². The van der Waals surface area contributed by atoms with Crippen LogP contribution in [0.5, 0.6) is 0 Å². The van der Waals surface area contributed by atoms with E-state index in [1.165, 1.54) is 19.2 Å². The molecule has 34 heavy (non-hydrogen) atoms. The molecule has 0 radical (unpaired) electrons. The normalized spacial score (nSPS) is 11.3. The molecule has 0 fully saturated rings. The van der Waals surface area contributed by atoms with Gasteiger partial charge in [-0.05, 0) is 62.4 Å². The van der Waals surface area contributed by atoms with Gasteiger partial charge in [-0.25, -0.2) is 13.1 Å². The summed E-state index contributed by atoms with van der Waals surface area (Å²) in [6.45, 7) is 3.67. The third-order valence-corrected chi connectivity index (χ3v) is 7.47. The predicted molar refractivity (Wildman–Crippen MR) is 134 cm³/mol. The zero-order valence-electron chi connectivity index (χ0n) is 18.9. The Morgan fingerprint density at radius 2 is 1.68 bits per heavy atom. The van der Waals surface area contributed by atoms with E-state index in [4.69, 9.17) is 11.6 Å². The van der Waals surface area contributed by atoms with Crippen molar-refractivity contribution in [2.75, 3.05) is 16.7 Å². The number of sulfonamides is 1. The molecule has 0 saturated heterocycles. The Labute approximate surface area is 203 Å². The third-order valence-electron chi connectivity index (χ3n) is 5.46. The van der Waals surface area contributed by atoms with Crippen molar-refractivity contribution >= 4 is 38.9 Å². The number of nitrogens with zero attached hydrogens (tertiary/aromatic N) is 3. The minimum absolute atomic E-state index is 0.00366. The van der Waals surface area contributed by atoms with E-state index in [0.717, 1.165) is 15.7 Å². The van der Waals surface area contributed by atoms with Crippen LogP contribution in [-0.2, 0) is 10.0 Å². The second-order valence-corrected chi connectivity index (χ2v) is 10.1. The number of para-hydroxylation sites is 1. The number of rotatable bonds is 6. The molecule has 0 bridgehead atoms. The fourth-order valence-corrected chi connectivity index (χ4v) is 5.01. The van der Waals surface area contributed by atoms with Crippen molar-refractivity contribution in [3.63, 3.8) is 0 Å². The highest BCUT2D eigenvalue weighted by Gasteiger charge is 2.23. The van der Waals surface area contributed by atoms with Crippen LogP contribution >= 0.6 is 11.6 Å². The Hall–Kier alpha value is -3.62. The molecule has 3 aromatic carbocycles. The van der Waals surface area contributed by atoms with Gasteiger partial charge in [-0.1, -0.05) is 41.9 Å². The van der Waals surface area contributed by atoms with Crippen molar-refractivity contribution in [2.24, 2.45) is 0 Å². The highest BCUT2D eigenvalue weighted by atomic mass is 35.5. The molecule has 0 aliphatic rings. The summed E-state index contributed by atoms with van der Waals surface area (Å²) in [6.07, 6.45) is 0. The topological polar surface area (TPSA) is 84.3 Å². The summed E-state index contributed by atoms with van der Waals surface area (Å²) in [5, 5.41) is 7.85. The first-order chi connectivity index (χ1) is 16.2. The average Bonchev–Trinajstić information content (AvgIpc) is 3.12. The largest absolute Gasteiger partial charge is 0.319 e. The van der Waals surface area contributed by atoms with Crippen LogP contribution in [0.2, 0.25) is 5.02 Å². The standard InChI is InChI=1S/C25H23ClN4O3S/c1-17-24(18(2)30(28-17)21-11-5-4-6-12-21)27-25(31)19-9-7-14-23(15-19)34(32,33)29(3)22-13-8-10-20(26)16-22/h4-16H,1-3H3,(H,27,31). The summed E-state index contributed by atoms with van der Waals surface area (Å²) < 4.78 is 29.3. The second kappa shape index (κ2) is 9.32. The highest BCUT2D eigenvalue weighted by Crippen LogP contribution is 2.26. The summed E-state index contributed by atoms with van der Waals surface area (Å²) in [5.41, 5.74) is 3.51. The minimum Gasteiger partial charge on any atom is -0.319 e. The molecule has 1 heterocycles. The van der Waals surface area contributed by atoms with Gasteiger partial charge in [0, 0.05) is 17.6 Å². The van der Waals surface area contributed by atoms with Gasteiger partial charge in [0.05, 0.1) is 33.3 Å². The molecule has 0 saturated carbocycles. The van der Waals surface area contributed by atoms with E-state index in [2.05, 4.69) is 10.4 Å². The van der Waals surface area contributed by atoms with Crippen molar-refractivity contribution in [1.29, 1.82) is 0 Å². The molecule has 0 atom stereocenters. The number of aryl methyl sites for hydroxylation is 1. The van der Waals surface area contributed by atoms with Gasteiger partial charge in [-0.3, -0.25) is 9.10 Å². The Bertz CT molecular complexity index is 1470. The van der Waals surface area contributed by atoms with E-state index in [-0.39, 0.29) is 10.5 Å². The molecular weight excluding hydrogens is 472 g/mol. The minimum atomic E-state index is -3.91. The first-order valence-electron chi connectivity index (χ1n) is 10.5. The molecule has 174 valence electrons. The van der Waals surface area contributed by atoms with Gasteiger partial charge in [0.25, 0.3) is 15.9 Å². The quantitative estimate of drug-likeness (QED) is 0.398. The molecule has 4 rings (SSSR count). The van der Waals surface area contributed by atoms with Crippen LogP contribution in [0, 0.1) is 13.8 Å². The molecule has 0 spiro atoms. The van der Waals surface area contributed by atoms with Crippen molar-refractivity contribution in [1.82, 2.24) is 9.78 Å². The Morgan fingerprint density at radius 3 is 2.38 bits per heavy atom. The monoisotopic (exact) mass is 494 g/mol. The maximum Gasteiger partial charge on any atom is 0.264 e. The van der Waals surface area contributed by atoms with Gasteiger partial charge in [-0.15, -0.1) is 0 Å². The number of hydrogen-bond acceptors (Lipinski definition) is 4. The number of amides is 1. The first kappa shape index (κ1) is 23.5. The molecule has 0 aliphatic heterocycles. The molecular formula is C25H23ClN4O3S. The van der Waals surface area contributed by atoms with Gasteiger partial charge < -0.3 is 5.32 Å². The molecule has 1 amide bonds. The molecule has 9 heteroatoms. The molecule has 4 aromatic rings. The van der Waals surface area contributed by atoms with E-state index in [0.29, 0.717) is 22.1 Å². The number of carbonyl (C=O) groups is 1. The number of nitrogens with one attached hydrogen (secondary N) is 1. The van der Waals surface area contributed by atoms with E-state index >= 15 is 0 Å². The van der Waals surface area contributed by atoms with Crippen LogP contribution < -0.4 is 9.62 Å². The zero-order chi connectivity index (χ0) is 24.5. The van der Waals surface area contributed by atoms with Gasteiger partial charge in [-0.2, -0.15) is 5.10 Å². The van der Waals surface area contributed by atoms with Crippen molar-refractivity contribution in [3.05, 3.63) is 101 Å². The van der Waals surface area contributed by atoms with Crippen LogP contribution in [0.3, 0.4) is 0 Å². The van der Waals surface area contributed by atoms with E-state index in [1.807, 2.05) is 44.2 Å². The van der Waals surface area contributed by atoms with Crippen LogP contribution in [0.4, 0.5) is 11.4 Å². The Kier molecular flexibility index (Phi) is 6.45. The molecule has 1 aromatic heterocycles. The van der Waals surface area contributed by atoms with Gasteiger partial charge in [0.15, 0.2) is 0 Å². The number of carbonyl (C=O) groups excluding carboxylic acids is 1. The molecule has 0 aliphatic carbocycles.